The zero-order valence-electron chi connectivity index (χ0n) is 4.96. The Morgan fingerprint density at radius 1 is 1.33 bits per heavy atom. The van der Waals surface area contributed by atoms with Crippen molar-refractivity contribution in [1.82, 2.24) is 0 Å². The third-order valence-electron chi connectivity index (χ3n) is 1.17. The van der Waals surface area contributed by atoms with Gasteiger partial charge >= 0.3 is 0 Å². The Bertz CT molecular complexity index is 172. The third kappa shape index (κ3) is 1.76. The number of aliphatic imine (C=N–C) groups is 1. The quantitative estimate of drug-likeness (QED) is 0.468. The summed E-state index contributed by atoms with van der Waals surface area (Å²) in [6.45, 7) is 0. The van der Waals surface area contributed by atoms with Gasteiger partial charge in [0.2, 0.25) is 5.91 Å². The second-order valence-electron chi connectivity index (χ2n) is 1.95. The number of hydrogen-bond acceptors (Lipinski definition) is 2. The van der Waals surface area contributed by atoms with Gasteiger partial charge in [-0.25, -0.2) is 4.99 Å². The Kier molecular flexibility index (Phi) is 1.72. The molecule has 48 valence electrons. The molecule has 0 aromatic rings. The number of ketones is 1. The fourth-order valence-corrected chi connectivity index (χ4v) is 0.662. The Hall–Kier alpha value is -0.990. The molecule has 1 aliphatic heterocycles. The predicted octanol–water partition coefficient (Wildman–Crippen LogP) is 0.337. The molecule has 1 rings (SSSR count). The zero-order valence-corrected chi connectivity index (χ0v) is 4.96. The molecule has 0 saturated heterocycles. The minimum Gasteiger partial charge on any atom is -0.299 e. The Morgan fingerprint density at radius 3 is 2.89 bits per heavy atom. The van der Waals surface area contributed by atoms with Gasteiger partial charge in [0.05, 0.1) is 0 Å². The van der Waals surface area contributed by atoms with E-state index in [4.69, 9.17) is 0 Å². The molecule has 0 aromatic heterocycles. The van der Waals surface area contributed by atoms with Gasteiger partial charge < -0.3 is 0 Å². The predicted molar refractivity (Wildman–Crippen MR) is 32.4 cm³/mol. The van der Waals surface area contributed by atoms with Crippen LogP contribution < -0.4 is 0 Å². The van der Waals surface area contributed by atoms with Gasteiger partial charge in [-0.1, -0.05) is 0 Å². The van der Waals surface area contributed by atoms with E-state index in [0.29, 0.717) is 12.8 Å². The van der Waals surface area contributed by atoms with Crippen molar-refractivity contribution in [2.24, 2.45) is 4.99 Å². The lowest BCUT2D eigenvalue weighted by molar-refractivity contribution is -0.122. The molecule has 3 nitrogen and oxygen atoms in total. The highest BCUT2D eigenvalue weighted by molar-refractivity contribution is 6.00. The average molecular weight is 125 g/mol. The Labute approximate surface area is 52.8 Å². The summed E-state index contributed by atoms with van der Waals surface area (Å²) in [6, 6.07) is 0. The van der Waals surface area contributed by atoms with E-state index < -0.39 is 0 Å². The summed E-state index contributed by atoms with van der Waals surface area (Å²) in [5.41, 5.74) is 0. The van der Waals surface area contributed by atoms with Crippen molar-refractivity contribution in [2.75, 3.05) is 0 Å². The minimum absolute atomic E-state index is 0.101. The standard InChI is InChI=1S/C6H7NO2/c8-5-1-2-6(9)7-4-3-5/h4H,1-3H2. The largest absolute Gasteiger partial charge is 0.299 e. The maximum atomic E-state index is 10.6. The number of carbonyl (C=O) groups is 2. The Balaban J connectivity index is 2.58. The van der Waals surface area contributed by atoms with E-state index in [-0.39, 0.29) is 18.1 Å². The fourth-order valence-electron chi connectivity index (χ4n) is 0.662. The summed E-state index contributed by atoms with van der Waals surface area (Å²) in [6.07, 6.45) is 2.36. The second kappa shape index (κ2) is 2.53. The van der Waals surface area contributed by atoms with Gasteiger partial charge in [0.1, 0.15) is 5.78 Å². The maximum Gasteiger partial charge on any atom is 0.245 e. The van der Waals surface area contributed by atoms with Crippen molar-refractivity contribution < 1.29 is 9.59 Å². The molecule has 0 saturated carbocycles. The molecule has 0 atom stereocenters. The summed E-state index contributed by atoms with van der Waals surface area (Å²) in [4.78, 5) is 24.6. The van der Waals surface area contributed by atoms with Crippen LogP contribution in [0.25, 0.3) is 0 Å². The lowest BCUT2D eigenvalue weighted by Gasteiger charge is -1.85. The van der Waals surface area contributed by atoms with Crippen molar-refractivity contribution in [3.8, 4) is 0 Å². The first kappa shape index (κ1) is 6.13. The fraction of sp³-hybridized carbons (Fsp3) is 0.500. The number of amides is 1. The first-order valence-corrected chi connectivity index (χ1v) is 2.86. The van der Waals surface area contributed by atoms with Crippen LogP contribution in [0.1, 0.15) is 19.3 Å². The van der Waals surface area contributed by atoms with E-state index in [1.54, 1.807) is 0 Å². The molecular formula is C6H7NO2. The number of carbonyl (C=O) groups excluding carboxylic acids is 2. The molecule has 0 unspecified atom stereocenters. The van der Waals surface area contributed by atoms with E-state index >= 15 is 0 Å². The van der Waals surface area contributed by atoms with Crippen molar-refractivity contribution in [2.45, 2.75) is 19.3 Å². The van der Waals surface area contributed by atoms with E-state index in [1.165, 1.54) is 6.21 Å². The maximum absolute atomic E-state index is 10.6. The van der Waals surface area contributed by atoms with Crippen LogP contribution in [0.15, 0.2) is 4.99 Å². The van der Waals surface area contributed by atoms with E-state index in [0.717, 1.165) is 0 Å². The van der Waals surface area contributed by atoms with Gasteiger partial charge in [-0.15, -0.1) is 0 Å². The molecule has 0 aliphatic carbocycles. The second-order valence-corrected chi connectivity index (χ2v) is 1.95. The summed E-state index contributed by atoms with van der Waals surface area (Å²) in [5.74, 6) is -0.0783. The molecule has 9 heavy (non-hydrogen) atoms. The molecular weight excluding hydrogens is 118 g/mol. The normalized spacial score (nSPS) is 20.0. The lowest BCUT2D eigenvalue weighted by atomic mass is 10.2. The van der Waals surface area contributed by atoms with Crippen molar-refractivity contribution in [1.29, 1.82) is 0 Å². The Morgan fingerprint density at radius 2 is 2.11 bits per heavy atom. The van der Waals surface area contributed by atoms with Gasteiger partial charge in [0.15, 0.2) is 0 Å². The molecule has 0 fully saturated rings. The van der Waals surface area contributed by atoms with Gasteiger partial charge in [-0.05, 0) is 0 Å². The van der Waals surface area contributed by atoms with Crippen LogP contribution in [0.5, 0.6) is 0 Å². The van der Waals surface area contributed by atoms with Crippen LogP contribution in [0.4, 0.5) is 0 Å². The number of hydrogen-bond donors (Lipinski definition) is 0. The van der Waals surface area contributed by atoms with E-state index in [2.05, 4.69) is 4.99 Å². The van der Waals surface area contributed by atoms with Gasteiger partial charge in [0, 0.05) is 25.5 Å². The first-order chi connectivity index (χ1) is 4.29. The van der Waals surface area contributed by atoms with Crippen LogP contribution in [-0.2, 0) is 9.59 Å². The van der Waals surface area contributed by atoms with Crippen molar-refractivity contribution in [3.05, 3.63) is 0 Å². The van der Waals surface area contributed by atoms with Crippen LogP contribution >= 0.6 is 0 Å². The summed E-state index contributed by atoms with van der Waals surface area (Å²) >= 11 is 0. The third-order valence-corrected chi connectivity index (χ3v) is 1.17. The molecule has 1 heterocycles. The summed E-state index contributed by atoms with van der Waals surface area (Å²) < 4.78 is 0. The SMILES string of the molecule is O=C1CC=NC(=O)CC1. The number of Topliss-reactive ketones (excluding diaryl/α,β-unsaturated/α-hetero) is 1. The van der Waals surface area contributed by atoms with Crippen LogP contribution in [0, 0.1) is 0 Å². The number of nitrogens with zero attached hydrogens (tertiary/aromatic N) is 1. The van der Waals surface area contributed by atoms with Crippen LogP contribution in [0.3, 0.4) is 0 Å². The smallest absolute Gasteiger partial charge is 0.245 e. The van der Waals surface area contributed by atoms with Gasteiger partial charge in [0.25, 0.3) is 0 Å². The average Bonchev–Trinajstić information content (AvgIpc) is 1.97. The molecule has 1 aliphatic rings. The molecule has 0 N–H and O–H groups in total. The highest BCUT2D eigenvalue weighted by Crippen LogP contribution is 1.99. The molecule has 0 aromatic carbocycles. The van der Waals surface area contributed by atoms with Gasteiger partial charge in [-0.3, -0.25) is 9.59 Å². The highest BCUT2D eigenvalue weighted by atomic mass is 16.1. The molecule has 0 spiro atoms. The molecule has 0 radical (unpaired) electrons. The summed E-state index contributed by atoms with van der Waals surface area (Å²) in [5, 5.41) is 0. The molecule has 3 heteroatoms. The van der Waals surface area contributed by atoms with E-state index in [1.807, 2.05) is 0 Å². The van der Waals surface area contributed by atoms with Crippen LogP contribution in [0.2, 0.25) is 0 Å². The monoisotopic (exact) mass is 125 g/mol. The highest BCUT2D eigenvalue weighted by Gasteiger charge is 2.07. The first-order valence-electron chi connectivity index (χ1n) is 2.86. The zero-order chi connectivity index (χ0) is 6.69. The number of rotatable bonds is 0. The van der Waals surface area contributed by atoms with Crippen molar-refractivity contribution >= 4 is 17.9 Å². The molecule has 1 amide bonds. The molecule has 0 bridgehead atoms. The van der Waals surface area contributed by atoms with Crippen LogP contribution in [-0.4, -0.2) is 17.9 Å². The summed E-state index contributed by atoms with van der Waals surface area (Å²) in [7, 11) is 0. The van der Waals surface area contributed by atoms with E-state index in [9.17, 15) is 9.59 Å². The minimum atomic E-state index is -0.180. The lowest BCUT2D eigenvalue weighted by Crippen LogP contribution is -1.96. The van der Waals surface area contributed by atoms with Crippen molar-refractivity contribution in [3.63, 3.8) is 0 Å². The topological polar surface area (TPSA) is 46.5 Å². The van der Waals surface area contributed by atoms with Gasteiger partial charge in [-0.2, -0.15) is 0 Å².